The molecule has 2 heterocycles. The molecule has 12 heteroatoms. The Hall–Kier alpha value is -4.81. The van der Waals surface area contributed by atoms with E-state index >= 15 is 0 Å². The van der Waals surface area contributed by atoms with Gasteiger partial charge < -0.3 is 35.8 Å². The number of aromatic hydroxyl groups is 1. The zero-order valence-electron chi connectivity index (χ0n) is 21.2. The van der Waals surface area contributed by atoms with E-state index in [1.54, 1.807) is 48.8 Å². The second-order valence-corrected chi connectivity index (χ2v) is 8.11. The first kappa shape index (κ1) is 27.2. The standard InChI is InChI=1S/C27H30N8O4/c36-23-8-6-22(7-9-23)32-27-34-25(33-26(35-27)31-21-4-2-1-3-5-21)30-15-17-39-19-18-38-16-14-29-24(37)20-10-12-28-13-11-20/h1-13,36H,14-19H2,(H,29,37)(H3,30,31,32,33,34,35). The summed E-state index contributed by atoms with van der Waals surface area (Å²) in [5.41, 5.74) is 2.12. The van der Waals surface area contributed by atoms with Crippen LogP contribution in [0.5, 0.6) is 5.75 Å². The van der Waals surface area contributed by atoms with Gasteiger partial charge in [-0.25, -0.2) is 0 Å². The van der Waals surface area contributed by atoms with E-state index in [4.69, 9.17) is 9.47 Å². The van der Waals surface area contributed by atoms with E-state index in [1.807, 2.05) is 30.3 Å². The number of nitrogens with one attached hydrogen (secondary N) is 4. The summed E-state index contributed by atoms with van der Waals surface area (Å²) in [6.45, 7) is 2.49. The second kappa shape index (κ2) is 14.8. The van der Waals surface area contributed by atoms with Crippen molar-refractivity contribution in [1.29, 1.82) is 0 Å². The summed E-state index contributed by atoms with van der Waals surface area (Å²) in [7, 11) is 0. The Balaban J connectivity index is 1.18. The van der Waals surface area contributed by atoms with Gasteiger partial charge in [-0.2, -0.15) is 15.0 Å². The molecule has 0 aliphatic rings. The molecule has 0 saturated carbocycles. The fraction of sp³-hybridized carbons (Fsp3) is 0.222. The molecular weight excluding hydrogens is 500 g/mol. The van der Waals surface area contributed by atoms with Crippen LogP contribution in [0.25, 0.3) is 0 Å². The minimum absolute atomic E-state index is 0.162. The van der Waals surface area contributed by atoms with Crippen LogP contribution in [0, 0.1) is 0 Å². The van der Waals surface area contributed by atoms with Gasteiger partial charge in [-0.3, -0.25) is 9.78 Å². The molecule has 39 heavy (non-hydrogen) atoms. The summed E-state index contributed by atoms with van der Waals surface area (Å²) in [6, 6.07) is 19.5. The predicted molar refractivity (Wildman–Crippen MR) is 148 cm³/mol. The summed E-state index contributed by atoms with van der Waals surface area (Å²) in [5, 5.41) is 21.7. The van der Waals surface area contributed by atoms with E-state index in [2.05, 4.69) is 41.2 Å². The van der Waals surface area contributed by atoms with Crippen LogP contribution < -0.4 is 21.3 Å². The Morgan fingerprint density at radius 3 is 1.95 bits per heavy atom. The molecule has 5 N–H and O–H groups in total. The highest BCUT2D eigenvalue weighted by Gasteiger charge is 2.08. The Morgan fingerprint density at radius 1 is 0.692 bits per heavy atom. The molecule has 0 fully saturated rings. The van der Waals surface area contributed by atoms with E-state index in [0.717, 1.165) is 11.4 Å². The van der Waals surface area contributed by atoms with Crippen molar-refractivity contribution in [3.63, 3.8) is 0 Å². The third-order valence-corrected chi connectivity index (χ3v) is 5.16. The number of pyridine rings is 1. The van der Waals surface area contributed by atoms with Gasteiger partial charge in [0, 0.05) is 42.4 Å². The molecule has 0 aliphatic carbocycles. The minimum atomic E-state index is -0.162. The minimum Gasteiger partial charge on any atom is -0.508 e. The van der Waals surface area contributed by atoms with Gasteiger partial charge in [-0.15, -0.1) is 0 Å². The lowest BCUT2D eigenvalue weighted by molar-refractivity contribution is 0.0519. The van der Waals surface area contributed by atoms with Crippen molar-refractivity contribution in [1.82, 2.24) is 25.3 Å². The summed E-state index contributed by atoms with van der Waals surface area (Å²) in [4.78, 5) is 29.2. The fourth-order valence-electron chi connectivity index (χ4n) is 3.29. The maximum absolute atomic E-state index is 11.9. The van der Waals surface area contributed by atoms with Crippen LogP contribution in [0.4, 0.5) is 29.2 Å². The molecule has 4 rings (SSSR count). The van der Waals surface area contributed by atoms with Crippen molar-refractivity contribution >= 4 is 35.1 Å². The van der Waals surface area contributed by atoms with Crippen LogP contribution in [0.1, 0.15) is 10.4 Å². The van der Waals surface area contributed by atoms with E-state index in [-0.39, 0.29) is 11.7 Å². The van der Waals surface area contributed by atoms with Gasteiger partial charge in [0.2, 0.25) is 17.8 Å². The SMILES string of the molecule is O=C(NCCOCCOCCNc1nc(Nc2ccccc2)nc(Nc2ccc(O)cc2)n1)c1ccncc1. The number of nitrogens with zero attached hydrogens (tertiary/aromatic N) is 4. The van der Waals surface area contributed by atoms with Crippen LogP contribution in [-0.2, 0) is 9.47 Å². The highest BCUT2D eigenvalue weighted by Crippen LogP contribution is 2.20. The largest absolute Gasteiger partial charge is 0.508 e. The molecule has 0 unspecified atom stereocenters. The smallest absolute Gasteiger partial charge is 0.251 e. The fourth-order valence-corrected chi connectivity index (χ4v) is 3.29. The number of para-hydroxylation sites is 1. The third-order valence-electron chi connectivity index (χ3n) is 5.16. The zero-order chi connectivity index (χ0) is 27.1. The third kappa shape index (κ3) is 9.54. The number of carbonyl (C=O) groups is 1. The number of anilines is 5. The lowest BCUT2D eigenvalue weighted by atomic mass is 10.2. The number of aromatic nitrogens is 4. The molecule has 2 aromatic heterocycles. The molecule has 0 bridgehead atoms. The number of hydrogen-bond acceptors (Lipinski definition) is 11. The Kier molecular flexibility index (Phi) is 10.3. The highest BCUT2D eigenvalue weighted by atomic mass is 16.5. The molecule has 2 aromatic carbocycles. The molecular formula is C27H30N8O4. The number of rotatable bonds is 15. The van der Waals surface area contributed by atoms with Gasteiger partial charge in [-0.1, -0.05) is 18.2 Å². The van der Waals surface area contributed by atoms with Crippen molar-refractivity contribution < 1.29 is 19.4 Å². The van der Waals surface area contributed by atoms with Gasteiger partial charge in [0.05, 0.1) is 26.4 Å². The summed E-state index contributed by atoms with van der Waals surface area (Å²) in [5.74, 6) is 1.08. The maximum atomic E-state index is 11.9. The maximum Gasteiger partial charge on any atom is 0.251 e. The molecule has 0 spiro atoms. The molecule has 0 radical (unpaired) electrons. The Labute approximate surface area is 225 Å². The summed E-state index contributed by atoms with van der Waals surface area (Å²) < 4.78 is 11.1. The van der Waals surface area contributed by atoms with Crippen molar-refractivity contribution in [3.05, 3.63) is 84.7 Å². The van der Waals surface area contributed by atoms with E-state index in [9.17, 15) is 9.90 Å². The quantitative estimate of drug-likeness (QED) is 0.113. The number of hydrogen-bond donors (Lipinski definition) is 5. The molecule has 202 valence electrons. The average molecular weight is 531 g/mol. The monoisotopic (exact) mass is 530 g/mol. The number of ether oxygens (including phenoxy) is 2. The van der Waals surface area contributed by atoms with Crippen LogP contribution >= 0.6 is 0 Å². The van der Waals surface area contributed by atoms with Crippen molar-refractivity contribution in [3.8, 4) is 5.75 Å². The van der Waals surface area contributed by atoms with Crippen LogP contribution in [0.2, 0.25) is 0 Å². The van der Waals surface area contributed by atoms with Crippen molar-refractivity contribution in [2.75, 3.05) is 55.5 Å². The Morgan fingerprint density at radius 2 is 1.28 bits per heavy atom. The Bertz CT molecular complexity index is 1290. The van der Waals surface area contributed by atoms with Crippen LogP contribution in [0.15, 0.2) is 79.1 Å². The van der Waals surface area contributed by atoms with Crippen molar-refractivity contribution in [2.24, 2.45) is 0 Å². The number of phenols is 1. The van der Waals surface area contributed by atoms with Gasteiger partial charge in [0.1, 0.15) is 5.75 Å². The van der Waals surface area contributed by atoms with Gasteiger partial charge in [0.25, 0.3) is 5.91 Å². The van der Waals surface area contributed by atoms with Crippen LogP contribution in [-0.4, -0.2) is 70.5 Å². The first-order chi connectivity index (χ1) is 19.2. The number of amides is 1. The topological polar surface area (TPSA) is 155 Å². The number of phenolic OH excluding ortho intramolecular Hbond substituents is 1. The molecule has 12 nitrogen and oxygen atoms in total. The van der Waals surface area contributed by atoms with Gasteiger partial charge >= 0.3 is 0 Å². The van der Waals surface area contributed by atoms with E-state index in [0.29, 0.717) is 62.9 Å². The molecule has 0 atom stereocenters. The highest BCUT2D eigenvalue weighted by molar-refractivity contribution is 5.93. The zero-order valence-corrected chi connectivity index (χ0v) is 21.2. The summed E-state index contributed by atoms with van der Waals surface area (Å²) in [6.07, 6.45) is 3.15. The lowest BCUT2D eigenvalue weighted by Gasteiger charge is -2.12. The van der Waals surface area contributed by atoms with Gasteiger partial charge in [-0.05, 0) is 48.5 Å². The second-order valence-electron chi connectivity index (χ2n) is 8.11. The lowest BCUT2D eigenvalue weighted by Crippen LogP contribution is -2.27. The normalized spacial score (nSPS) is 10.6. The van der Waals surface area contributed by atoms with E-state index in [1.165, 1.54) is 0 Å². The van der Waals surface area contributed by atoms with Gasteiger partial charge in [0.15, 0.2) is 0 Å². The van der Waals surface area contributed by atoms with E-state index < -0.39 is 0 Å². The molecule has 0 saturated heterocycles. The first-order valence-corrected chi connectivity index (χ1v) is 12.4. The number of benzene rings is 2. The van der Waals surface area contributed by atoms with Crippen molar-refractivity contribution in [2.45, 2.75) is 0 Å². The molecule has 1 amide bonds. The predicted octanol–water partition coefficient (Wildman–Crippen LogP) is 3.33. The van der Waals surface area contributed by atoms with Crippen LogP contribution in [0.3, 0.4) is 0 Å². The summed E-state index contributed by atoms with van der Waals surface area (Å²) >= 11 is 0. The molecule has 0 aliphatic heterocycles. The first-order valence-electron chi connectivity index (χ1n) is 12.4. The molecule has 4 aromatic rings. The number of carbonyl (C=O) groups excluding carboxylic acids is 1. The average Bonchev–Trinajstić information content (AvgIpc) is 2.96.